The molecule has 126 valence electrons. The molecule has 0 bridgehead atoms. The number of fused-ring (bicyclic) bond motifs is 1. The van der Waals surface area contributed by atoms with E-state index >= 15 is 0 Å². The highest BCUT2D eigenvalue weighted by atomic mass is 19.1. The van der Waals surface area contributed by atoms with Crippen molar-refractivity contribution in [1.82, 2.24) is 14.8 Å². The summed E-state index contributed by atoms with van der Waals surface area (Å²) >= 11 is 0. The van der Waals surface area contributed by atoms with Crippen LogP contribution in [0.25, 0.3) is 10.9 Å². The van der Waals surface area contributed by atoms with Crippen LogP contribution in [0.1, 0.15) is 35.8 Å². The number of pyridine rings is 1. The Bertz CT molecular complexity index is 1060. The van der Waals surface area contributed by atoms with Gasteiger partial charge in [0.25, 0.3) is 0 Å². The molecule has 3 aromatic rings. The number of halogens is 1. The van der Waals surface area contributed by atoms with E-state index in [9.17, 15) is 9.18 Å². The summed E-state index contributed by atoms with van der Waals surface area (Å²) in [4.78, 5) is 15.6. The number of nitrogens with zero attached hydrogens (tertiary/aromatic N) is 3. The number of hydrogen-bond donors (Lipinski definition) is 2. The summed E-state index contributed by atoms with van der Waals surface area (Å²) in [5.74, 6) is -1.49. The van der Waals surface area contributed by atoms with Crippen molar-refractivity contribution >= 4 is 22.5 Å². The second-order valence-electron chi connectivity index (χ2n) is 5.75. The van der Waals surface area contributed by atoms with Gasteiger partial charge >= 0.3 is 0 Å². The molecule has 6 nitrogen and oxygen atoms in total. The maximum Gasteiger partial charge on any atom is 0.179 e. The van der Waals surface area contributed by atoms with Crippen LogP contribution in [0.2, 0.25) is 0 Å². The fraction of sp³-hybridized carbons (Fsp3) is 0.167. The third-order valence-corrected chi connectivity index (χ3v) is 4.02. The molecule has 0 aliphatic heterocycles. The molecule has 1 aromatic carbocycles. The standard InChI is InChI=1S/C18H16FN5O/c1-10(13-8-12-4-3-7-22-16(12)9-14(13)19)18(21)24-17(20)6-5-15(23-24)11(2)25/h3-10,20-21H,1-2H3. The quantitative estimate of drug-likeness (QED) is 0.437. The highest BCUT2D eigenvalue weighted by molar-refractivity contribution is 5.93. The third-order valence-electron chi connectivity index (χ3n) is 4.02. The monoisotopic (exact) mass is 337 g/mol. The van der Waals surface area contributed by atoms with Crippen molar-refractivity contribution in [3.63, 3.8) is 0 Å². The molecule has 1 unspecified atom stereocenters. The predicted octanol–water partition coefficient (Wildman–Crippen LogP) is 2.88. The lowest BCUT2D eigenvalue weighted by Crippen LogP contribution is -2.33. The number of carbonyl (C=O) groups excluding carboxylic acids is 1. The minimum absolute atomic E-state index is 0.0512. The van der Waals surface area contributed by atoms with E-state index in [1.165, 1.54) is 25.1 Å². The largest absolute Gasteiger partial charge is 0.293 e. The fourth-order valence-corrected chi connectivity index (χ4v) is 2.57. The Labute approximate surface area is 143 Å². The molecule has 3 rings (SSSR count). The van der Waals surface area contributed by atoms with E-state index in [2.05, 4.69) is 10.1 Å². The molecule has 2 aromatic heterocycles. The van der Waals surface area contributed by atoms with Crippen molar-refractivity contribution in [3.05, 3.63) is 65.2 Å². The Hall–Kier alpha value is -3.22. The van der Waals surface area contributed by atoms with Crippen molar-refractivity contribution in [3.8, 4) is 0 Å². The lowest BCUT2D eigenvalue weighted by atomic mass is 9.97. The smallest absolute Gasteiger partial charge is 0.179 e. The summed E-state index contributed by atoms with van der Waals surface area (Å²) in [6.07, 6.45) is 1.59. The van der Waals surface area contributed by atoms with Crippen LogP contribution in [-0.2, 0) is 0 Å². The number of aromatic nitrogens is 3. The molecule has 2 heterocycles. The van der Waals surface area contributed by atoms with Gasteiger partial charge in [0.1, 0.15) is 22.8 Å². The molecule has 0 saturated carbocycles. The minimum atomic E-state index is -0.659. The zero-order valence-corrected chi connectivity index (χ0v) is 13.7. The molecule has 0 spiro atoms. The van der Waals surface area contributed by atoms with Crippen LogP contribution in [0.5, 0.6) is 0 Å². The minimum Gasteiger partial charge on any atom is -0.293 e. The van der Waals surface area contributed by atoms with E-state index in [1.807, 2.05) is 6.07 Å². The normalized spacial score (nSPS) is 12.1. The second kappa shape index (κ2) is 6.35. The molecule has 0 aliphatic rings. The zero-order valence-electron chi connectivity index (χ0n) is 13.7. The molecule has 2 N–H and O–H groups in total. The van der Waals surface area contributed by atoms with Crippen LogP contribution in [0, 0.1) is 16.6 Å². The topological polar surface area (TPSA) is 95.5 Å². The van der Waals surface area contributed by atoms with Crippen LogP contribution < -0.4 is 5.49 Å². The molecule has 0 amide bonds. The van der Waals surface area contributed by atoms with Gasteiger partial charge in [-0.05, 0) is 29.8 Å². The Morgan fingerprint density at radius 2 is 2.04 bits per heavy atom. The van der Waals surface area contributed by atoms with E-state index < -0.39 is 11.7 Å². The van der Waals surface area contributed by atoms with Gasteiger partial charge in [0.2, 0.25) is 0 Å². The van der Waals surface area contributed by atoms with Gasteiger partial charge in [-0.2, -0.15) is 5.10 Å². The SMILES string of the molecule is CC(=O)c1ccc(=N)n(C(=N)C(C)c2cc3cccnc3cc2F)n1. The van der Waals surface area contributed by atoms with Crippen LogP contribution in [0.15, 0.2) is 42.6 Å². The number of benzene rings is 1. The number of nitrogens with one attached hydrogen (secondary N) is 2. The first kappa shape index (κ1) is 16.6. The zero-order chi connectivity index (χ0) is 18.1. The van der Waals surface area contributed by atoms with Crippen molar-refractivity contribution in [2.75, 3.05) is 0 Å². The Kier molecular flexibility index (Phi) is 4.22. The summed E-state index contributed by atoms with van der Waals surface area (Å²) < 4.78 is 15.5. The van der Waals surface area contributed by atoms with Gasteiger partial charge in [0, 0.05) is 30.5 Å². The molecule has 0 fully saturated rings. The molecule has 25 heavy (non-hydrogen) atoms. The molecular formula is C18H16FN5O. The van der Waals surface area contributed by atoms with Gasteiger partial charge in [0.15, 0.2) is 5.78 Å². The maximum absolute atomic E-state index is 14.5. The van der Waals surface area contributed by atoms with Crippen LogP contribution in [0.4, 0.5) is 4.39 Å². The van der Waals surface area contributed by atoms with Crippen molar-refractivity contribution < 1.29 is 9.18 Å². The van der Waals surface area contributed by atoms with Crippen molar-refractivity contribution in [1.29, 1.82) is 10.8 Å². The van der Waals surface area contributed by atoms with E-state index in [0.29, 0.717) is 11.1 Å². The lowest BCUT2D eigenvalue weighted by Gasteiger charge is -2.17. The first-order chi connectivity index (χ1) is 11.9. The molecule has 1 atom stereocenters. The van der Waals surface area contributed by atoms with E-state index in [0.717, 1.165) is 10.1 Å². The summed E-state index contributed by atoms with van der Waals surface area (Å²) in [5, 5.41) is 21.1. The van der Waals surface area contributed by atoms with Gasteiger partial charge in [-0.1, -0.05) is 13.0 Å². The van der Waals surface area contributed by atoms with Crippen molar-refractivity contribution in [2.24, 2.45) is 0 Å². The third kappa shape index (κ3) is 3.08. The van der Waals surface area contributed by atoms with Gasteiger partial charge in [0.05, 0.1) is 5.52 Å². The second-order valence-corrected chi connectivity index (χ2v) is 5.75. The summed E-state index contributed by atoms with van der Waals surface area (Å²) in [5.41, 5.74) is 0.946. The number of carbonyl (C=O) groups is 1. The summed E-state index contributed by atoms with van der Waals surface area (Å²) in [6.45, 7) is 3.02. The number of rotatable bonds is 3. The Morgan fingerprint density at radius 1 is 1.28 bits per heavy atom. The lowest BCUT2D eigenvalue weighted by molar-refractivity contribution is 0.101. The number of hydrogen-bond acceptors (Lipinski definition) is 5. The molecule has 0 aliphatic carbocycles. The first-order valence-corrected chi connectivity index (χ1v) is 7.67. The van der Waals surface area contributed by atoms with Crippen LogP contribution in [-0.4, -0.2) is 26.4 Å². The summed E-state index contributed by atoms with van der Waals surface area (Å²) in [6, 6.07) is 9.39. The van der Waals surface area contributed by atoms with Gasteiger partial charge in [-0.25, -0.2) is 9.07 Å². The van der Waals surface area contributed by atoms with Gasteiger partial charge < -0.3 is 0 Å². The molecular weight excluding hydrogens is 321 g/mol. The van der Waals surface area contributed by atoms with Crippen LogP contribution >= 0.6 is 0 Å². The average molecular weight is 337 g/mol. The Morgan fingerprint density at radius 3 is 2.76 bits per heavy atom. The first-order valence-electron chi connectivity index (χ1n) is 7.67. The van der Waals surface area contributed by atoms with E-state index in [4.69, 9.17) is 10.8 Å². The highest BCUT2D eigenvalue weighted by Gasteiger charge is 2.20. The molecule has 7 heteroatoms. The fourth-order valence-electron chi connectivity index (χ4n) is 2.57. The molecule has 0 saturated heterocycles. The number of Topliss-reactive ketones (excluding diaryl/α,β-unsaturated/α-hetero) is 1. The molecule has 0 radical (unpaired) electrons. The van der Waals surface area contributed by atoms with Gasteiger partial charge in [-0.15, -0.1) is 0 Å². The predicted molar refractivity (Wildman–Crippen MR) is 91.3 cm³/mol. The number of ketones is 1. The van der Waals surface area contributed by atoms with Crippen molar-refractivity contribution in [2.45, 2.75) is 19.8 Å². The average Bonchev–Trinajstić information content (AvgIpc) is 2.60. The maximum atomic E-state index is 14.5. The van der Waals surface area contributed by atoms with E-state index in [-0.39, 0.29) is 22.8 Å². The Balaban J connectivity index is 2.06. The van der Waals surface area contributed by atoms with Crippen LogP contribution in [0.3, 0.4) is 0 Å². The summed E-state index contributed by atoms with van der Waals surface area (Å²) in [7, 11) is 0. The van der Waals surface area contributed by atoms with Gasteiger partial charge in [-0.3, -0.25) is 20.6 Å². The van der Waals surface area contributed by atoms with E-state index in [1.54, 1.807) is 25.3 Å². The highest BCUT2D eigenvalue weighted by Crippen LogP contribution is 2.25.